The standard InChI is InChI=1S/C11H18F3NO2S/c1-18(16,17)15-10(7-12)4-8-2-3-11(13,14)6-9(8)5-10/h8-9,15H,2-7H2,1H3/t8-,9+,10?/m0/s1. The number of hydrogen-bond donors (Lipinski definition) is 1. The van der Waals surface area contributed by atoms with Gasteiger partial charge in [0.25, 0.3) is 0 Å². The third kappa shape index (κ3) is 2.99. The molecule has 106 valence electrons. The Morgan fingerprint density at radius 1 is 1.22 bits per heavy atom. The Hall–Kier alpha value is -0.300. The number of rotatable bonds is 3. The van der Waals surface area contributed by atoms with Crippen LogP contribution in [0.1, 0.15) is 32.1 Å². The van der Waals surface area contributed by atoms with Gasteiger partial charge < -0.3 is 0 Å². The molecule has 18 heavy (non-hydrogen) atoms. The van der Waals surface area contributed by atoms with Crippen molar-refractivity contribution in [3.8, 4) is 0 Å². The Bertz CT molecular complexity index is 426. The van der Waals surface area contributed by atoms with Gasteiger partial charge in [-0.2, -0.15) is 0 Å². The molecule has 2 aliphatic rings. The molecule has 2 saturated carbocycles. The molecule has 0 spiro atoms. The van der Waals surface area contributed by atoms with Gasteiger partial charge >= 0.3 is 0 Å². The van der Waals surface area contributed by atoms with Crippen molar-refractivity contribution < 1.29 is 21.6 Å². The summed E-state index contributed by atoms with van der Waals surface area (Å²) in [6.45, 7) is -0.835. The zero-order valence-corrected chi connectivity index (χ0v) is 11.1. The summed E-state index contributed by atoms with van der Waals surface area (Å²) in [4.78, 5) is 0. The Morgan fingerprint density at radius 3 is 2.39 bits per heavy atom. The Kier molecular flexibility index (Phi) is 3.43. The molecule has 0 heterocycles. The second-order valence-electron chi connectivity index (χ2n) is 5.82. The molecular formula is C11H18F3NO2S. The number of sulfonamides is 1. The van der Waals surface area contributed by atoms with Crippen molar-refractivity contribution in [1.82, 2.24) is 4.72 Å². The zero-order valence-electron chi connectivity index (χ0n) is 10.3. The molecule has 0 aromatic heterocycles. The van der Waals surface area contributed by atoms with Crippen LogP contribution in [0, 0.1) is 11.8 Å². The van der Waals surface area contributed by atoms with Gasteiger partial charge in [0.1, 0.15) is 6.67 Å². The maximum Gasteiger partial charge on any atom is 0.248 e. The van der Waals surface area contributed by atoms with Crippen LogP contribution in [0.4, 0.5) is 13.2 Å². The summed E-state index contributed by atoms with van der Waals surface area (Å²) in [7, 11) is -3.53. The fourth-order valence-corrected chi connectivity index (χ4v) is 4.50. The first-order valence-corrected chi connectivity index (χ1v) is 7.97. The van der Waals surface area contributed by atoms with Crippen molar-refractivity contribution in [2.45, 2.75) is 43.6 Å². The lowest BCUT2D eigenvalue weighted by atomic mass is 9.80. The van der Waals surface area contributed by atoms with Gasteiger partial charge in [-0.1, -0.05) is 0 Å². The predicted octanol–water partition coefficient (Wildman–Crippen LogP) is 2.09. The Morgan fingerprint density at radius 2 is 1.83 bits per heavy atom. The molecule has 2 rings (SSSR count). The molecule has 2 fully saturated rings. The van der Waals surface area contributed by atoms with E-state index in [9.17, 15) is 21.6 Å². The SMILES string of the molecule is CS(=O)(=O)NC1(CF)C[C@@H]2CCC(F)(F)C[C@H]2C1. The van der Waals surface area contributed by atoms with E-state index in [-0.39, 0.29) is 31.1 Å². The summed E-state index contributed by atoms with van der Waals surface area (Å²) in [6, 6.07) is 0. The van der Waals surface area contributed by atoms with Gasteiger partial charge in [-0.3, -0.25) is 0 Å². The number of alkyl halides is 3. The van der Waals surface area contributed by atoms with Crippen LogP contribution in [0.25, 0.3) is 0 Å². The van der Waals surface area contributed by atoms with E-state index in [1.807, 2.05) is 0 Å². The minimum atomic E-state index is -3.53. The second-order valence-corrected chi connectivity index (χ2v) is 7.56. The molecule has 3 atom stereocenters. The summed E-state index contributed by atoms with van der Waals surface area (Å²) in [5.41, 5.74) is -1.16. The topological polar surface area (TPSA) is 46.2 Å². The summed E-state index contributed by atoms with van der Waals surface area (Å²) < 4.78 is 64.6. The molecule has 7 heteroatoms. The number of nitrogens with one attached hydrogen (secondary N) is 1. The Labute approximate surface area is 105 Å². The lowest BCUT2D eigenvalue weighted by Gasteiger charge is -2.31. The van der Waals surface area contributed by atoms with E-state index < -0.39 is 28.2 Å². The highest BCUT2D eigenvalue weighted by atomic mass is 32.2. The fourth-order valence-electron chi connectivity index (χ4n) is 3.49. The van der Waals surface area contributed by atoms with E-state index in [0.717, 1.165) is 6.26 Å². The largest absolute Gasteiger partial charge is 0.249 e. The second kappa shape index (κ2) is 4.37. The van der Waals surface area contributed by atoms with Crippen molar-refractivity contribution >= 4 is 10.0 Å². The molecule has 1 unspecified atom stereocenters. The van der Waals surface area contributed by atoms with Gasteiger partial charge in [-0.25, -0.2) is 26.3 Å². The van der Waals surface area contributed by atoms with Gasteiger partial charge in [0.2, 0.25) is 15.9 Å². The van der Waals surface area contributed by atoms with E-state index in [1.165, 1.54) is 0 Å². The molecule has 0 amide bonds. The quantitative estimate of drug-likeness (QED) is 0.863. The highest BCUT2D eigenvalue weighted by Gasteiger charge is 2.52. The van der Waals surface area contributed by atoms with Crippen molar-refractivity contribution in [2.75, 3.05) is 12.9 Å². The van der Waals surface area contributed by atoms with Crippen LogP contribution in [0.5, 0.6) is 0 Å². The lowest BCUT2D eigenvalue weighted by Crippen LogP contribution is -2.48. The van der Waals surface area contributed by atoms with Crippen molar-refractivity contribution in [2.24, 2.45) is 11.8 Å². The third-order valence-corrected chi connectivity index (χ3v) is 4.88. The maximum atomic E-state index is 13.3. The van der Waals surface area contributed by atoms with Gasteiger partial charge in [0, 0.05) is 12.8 Å². The van der Waals surface area contributed by atoms with Crippen molar-refractivity contribution in [3.63, 3.8) is 0 Å². The number of halogens is 3. The average Bonchev–Trinajstić information content (AvgIpc) is 2.51. The average molecular weight is 285 g/mol. The first kappa shape index (κ1) is 14.1. The van der Waals surface area contributed by atoms with Crippen LogP contribution < -0.4 is 4.72 Å². The molecule has 0 bridgehead atoms. The summed E-state index contributed by atoms with van der Waals surface area (Å²) in [6.07, 6.45) is 1.42. The highest BCUT2D eigenvalue weighted by Crippen LogP contribution is 2.51. The normalized spacial score (nSPS) is 39.6. The van der Waals surface area contributed by atoms with E-state index in [2.05, 4.69) is 4.72 Å². The van der Waals surface area contributed by atoms with Crippen LogP contribution >= 0.6 is 0 Å². The van der Waals surface area contributed by atoms with Crippen LogP contribution in [0.3, 0.4) is 0 Å². The smallest absolute Gasteiger partial charge is 0.248 e. The zero-order chi connectivity index (χ0) is 13.6. The molecule has 0 aromatic rings. The van der Waals surface area contributed by atoms with Gasteiger partial charge in [-0.15, -0.1) is 0 Å². The van der Waals surface area contributed by atoms with E-state index in [4.69, 9.17) is 0 Å². The molecule has 3 nitrogen and oxygen atoms in total. The minimum absolute atomic E-state index is 0.00891. The number of fused-ring (bicyclic) bond motifs is 1. The van der Waals surface area contributed by atoms with Crippen LogP contribution in [0.2, 0.25) is 0 Å². The monoisotopic (exact) mass is 285 g/mol. The minimum Gasteiger partial charge on any atom is -0.249 e. The molecule has 0 aromatic carbocycles. The first-order valence-electron chi connectivity index (χ1n) is 6.08. The van der Waals surface area contributed by atoms with Crippen molar-refractivity contribution in [3.05, 3.63) is 0 Å². The molecule has 1 N–H and O–H groups in total. The summed E-state index contributed by atoms with van der Waals surface area (Å²) >= 11 is 0. The highest BCUT2D eigenvalue weighted by molar-refractivity contribution is 7.88. The predicted molar refractivity (Wildman–Crippen MR) is 61.7 cm³/mol. The molecule has 0 aliphatic heterocycles. The third-order valence-electron chi connectivity index (χ3n) is 4.07. The maximum absolute atomic E-state index is 13.3. The molecule has 0 radical (unpaired) electrons. The van der Waals surface area contributed by atoms with Gasteiger partial charge in [0.15, 0.2) is 0 Å². The van der Waals surface area contributed by atoms with Crippen LogP contribution in [-0.4, -0.2) is 32.8 Å². The van der Waals surface area contributed by atoms with E-state index in [0.29, 0.717) is 12.8 Å². The molecule has 2 aliphatic carbocycles. The summed E-state index contributed by atoms with van der Waals surface area (Å²) in [5.74, 6) is -2.95. The van der Waals surface area contributed by atoms with E-state index in [1.54, 1.807) is 0 Å². The molecular weight excluding hydrogens is 267 g/mol. The fraction of sp³-hybridized carbons (Fsp3) is 1.00. The van der Waals surface area contributed by atoms with Crippen LogP contribution in [0.15, 0.2) is 0 Å². The first-order chi connectivity index (χ1) is 8.15. The van der Waals surface area contributed by atoms with Crippen LogP contribution in [-0.2, 0) is 10.0 Å². The summed E-state index contributed by atoms with van der Waals surface area (Å²) in [5, 5.41) is 0. The van der Waals surface area contributed by atoms with Gasteiger partial charge in [-0.05, 0) is 31.1 Å². The molecule has 0 saturated heterocycles. The Balaban J connectivity index is 2.14. The van der Waals surface area contributed by atoms with Gasteiger partial charge in [0.05, 0.1) is 11.8 Å². The number of hydrogen-bond acceptors (Lipinski definition) is 2. The van der Waals surface area contributed by atoms with E-state index >= 15 is 0 Å². The lowest BCUT2D eigenvalue weighted by molar-refractivity contribution is -0.0634. The van der Waals surface area contributed by atoms with Crippen molar-refractivity contribution in [1.29, 1.82) is 0 Å².